The Morgan fingerprint density at radius 2 is 1.96 bits per heavy atom. The first-order chi connectivity index (χ1) is 12.3. The van der Waals surface area contributed by atoms with Crippen molar-refractivity contribution in [1.82, 2.24) is 19.3 Å². The van der Waals surface area contributed by atoms with Crippen molar-refractivity contribution in [3.8, 4) is 0 Å². The van der Waals surface area contributed by atoms with E-state index in [1.807, 2.05) is 19.2 Å². The van der Waals surface area contributed by atoms with Crippen molar-refractivity contribution in [3.05, 3.63) is 59.5 Å². The highest BCUT2D eigenvalue weighted by Gasteiger charge is 2.13. The average Bonchev–Trinajstić information content (AvgIpc) is 2.98. The summed E-state index contributed by atoms with van der Waals surface area (Å²) < 4.78 is 28.9. The predicted molar refractivity (Wildman–Crippen MR) is 97.7 cm³/mol. The smallest absolute Gasteiger partial charge is 0.240 e. The molecule has 0 spiro atoms. The molecule has 0 unspecified atom stereocenters. The third-order valence-electron chi connectivity index (χ3n) is 3.99. The van der Waals surface area contributed by atoms with E-state index in [1.165, 1.54) is 31.2 Å². The SMILES string of the molecule is CC(=O)c1ccc(S(=O)(=O)NCCCc2cnc3cc(C)nn3c2)cc1. The van der Waals surface area contributed by atoms with E-state index in [0.717, 1.165) is 16.9 Å². The summed E-state index contributed by atoms with van der Waals surface area (Å²) in [4.78, 5) is 15.7. The number of hydrogen-bond acceptors (Lipinski definition) is 5. The summed E-state index contributed by atoms with van der Waals surface area (Å²) in [6.45, 7) is 3.66. The van der Waals surface area contributed by atoms with Crippen LogP contribution in [0, 0.1) is 6.92 Å². The van der Waals surface area contributed by atoms with Crippen LogP contribution >= 0.6 is 0 Å². The highest BCUT2D eigenvalue weighted by molar-refractivity contribution is 7.89. The fourth-order valence-electron chi connectivity index (χ4n) is 2.61. The second-order valence-electron chi connectivity index (χ2n) is 6.13. The number of hydrogen-bond donors (Lipinski definition) is 1. The number of sulfonamides is 1. The second-order valence-corrected chi connectivity index (χ2v) is 7.90. The summed E-state index contributed by atoms with van der Waals surface area (Å²) in [7, 11) is -3.58. The van der Waals surface area contributed by atoms with E-state index >= 15 is 0 Å². The Balaban J connectivity index is 1.56. The lowest BCUT2D eigenvalue weighted by atomic mass is 10.2. The molecular formula is C18H20N4O3S. The number of aryl methyl sites for hydroxylation is 2. The van der Waals surface area contributed by atoms with Crippen LogP contribution in [0.25, 0.3) is 5.65 Å². The van der Waals surface area contributed by atoms with Gasteiger partial charge in [-0.3, -0.25) is 4.79 Å². The lowest BCUT2D eigenvalue weighted by Crippen LogP contribution is -2.25. The number of aromatic nitrogens is 3. The van der Waals surface area contributed by atoms with Crippen LogP contribution in [-0.2, 0) is 16.4 Å². The molecule has 1 aromatic carbocycles. The van der Waals surface area contributed by atoms with Crippen LogP contribution in [0.4, 0.5) is 0 Å². The molecule has 0 aliphatic rings. The van der Waals surface area contributed by atoms with Crippen LogP contribution < -0.4 is 4.72 Å². The first kappa shape index (κ1) is 18.2. The molecule has 3 rings (SSSR count). The molecule has 0 aliphatic carbocycles. The standard InChI is InChI=1S/C18H20N4O3S/c1-13-10-18-19-11-15(12-22(18)21-13)4-3-9-20-26(24,25)17-7-5-16(6-8-17)14(2)23/h5-8,10-12,20H,3-4,9H2,1-2H3. The Kier molecular flexibility index (Phi) is 5.15. The number of rotatable bonds is 7. The van der Waals surface area contributed by atoms with E-state index < -0.39 is 10.0 Å². The molecule has 1 N–H and O–H groups in total. The summed E-state index contributed by atoms with van der Waals surface area (Å²) in [5.41, 5.74) is 3.17. The fraction of sp³-hybridized carbons (Fsp3) is 0.278. The lowest BCUT2D eigenvalue weighted by Gasteiger charge is -2.07. The maximum Gasteiger partial charge on any atom is 0.240 e. The molecule has 26 heavy (non-hydrogen) atoms. The molecule has 8 heteroatoms. The number of carbonyl (C=O) groups is 1. The minimum Gasteiger partial charge on any atom is -0.295 e. The van der Waals surface area contributed by atoms with Crippen molar-refractivity contribution in [2.75, 3.05) is 6.54 Å². The van der Waals surface area contributed by atoms with Gasteiger partial charge in [0.15, 0.2) is 11.4 Å². The number of ketones is 1. The van der Waals surface area contributed by atoms with Crippen molar-refractivity contribution in [2.45, 2.75) is 31.6 Å². The van der Waals surface area contributed by atoms with Gasteiger partial charge in [0, 0.05) is 30.6 Å². The van der Waals surface area contributed by atoms with Gasteiger partial charge in [0.1, 0.15) is 0 Å². The zero-order valence-corrected chi connectivity index (χ0v) is 15.5. The number of Topliss-reactive ketones (excluding diaryl/α,β-unsaturated/α-hetero) is 1. The van der Waals surface area contributed by atoms with Gasteiger partial charge in [0.05, 0.1) is 10.6 Å². The molecule has 0 radical (unpaired) electrons. The zero-order chi connectivity index (χ0) is 18.7. The maximum atomic E-state index is 12.3. The van der Waals surface area contributed by atoms with Gasteiger partial charge in [0.25, 0.3) is 0 Å². The van der Waals surface area contributed by atoms with Crippen LogP contribution in [0.5, 0.6) is 0 Å². The number of fused-ring (bicyclic) bond motifs is 1. The Labute approximate surface area is 152 Å². The van der Waals surface area contributed by atoms with Crippen LogP contribution in [0.15, 0.2) is 47.6 Å². The molecule has 2 aromatic heterocycles. The van der Waals surface area contributed by atoms with Gasteiger partial charge in [-0.25, -0.2) is 22.6 Å². The van der Waals surface area contributed by atoms with Gasteiger partial charge in [-0.2, -0.15) is 5.10 Å². The number of nitrogens with one attached hydrogen (secondary N) is 1. The quantitative estimate of drug-likeness (QED) is 0.507. The summed E-state index contributed by atoms with van der Waals surface area (Å²) in [6, 6.07) is 7.82. The third-order valence-corrected chi connectivity index (χ3v) is 5.47. The fourth-order valence-corrected chi connectivity index (χ4v) is 3.69. The second kappa shape index (κ2) is 7.35. The Bertz CT molecular complexity index is 1040. The van der Waals surface area contributed by atoms with E-state index in [-0.39, 0.29) is 10.7 Å². The average molecular weight is 372 g/mol. The monoisotopic (exact) mass is 372 g/mol. The van der Waals surface area contributed by atoms with Gasteiger partial charge in [-0.15, -0.1) is 0 Å². The normalized spacial score (nSPS) is 11.8. The maximum absolute atomic E-state index is 12.3. The van der Waals surface area contributed by atoms with Crippen LogP contribution in [0.3, 0.4) is 0 Å². The van der Waals surface area contributed by atoms with E-state index in [9.17, 15) is 13.2 Å². The summed E-state index contributed by atoms with van der Waals surface area (Å²) in [5, 5.41) is 4.32. The van der Waals surface area contributed by atoms with Crippen LogP contribution in [0.1, 0.15) is 35.0 Å². The van der Waals surface area contributed by atoms with Gasteiger partial charge in [0.2, 0.25) is 10.0 Å². The minimum atomic E-state index is -3.58. The Morgan fingerprint density at radius 1 is 1.23 bits per heavy atom. The molecule has 2 heterocycles. The topological polar surface area (TPSA) is 93.4 Å². The highest BCUT2D eigenvalue weighted by atomic mass is 32.2. The molecule has 3 aromatic rings. The molecule has 0 saturated carbocycles. The van der Waals surface area contributed by atoms with E-state index in [1.54, 1.807) is 10.7 Å². The molecule has 0 amide bonds. The number of benzene rings is 1. The van der Waals surface area contributed by atoms with E-state index in [2.05, 4.69) is 14.8 Å². The Hall–Kier alpha value is -2.58. The summed E-state index contributed by atoms with van der Waals surface area (Å²) in [5.74, 6) is -0.0974. The molecule has 0 bridgehead atoms. The molecule has 0 saturated heterocycles. The minimum absolute atomic E-state index is 0.0974. The van der Waals surface area contributed by atoms with Crippen molar-refractivity contribution in [2.24, 2.45) is 0 Å². The van der Waals surface area contributed by atoms with E-state index in [0.29, 0.717) is 24.9 Å². The predicted octanol–water partition coefficient (Wildman–Crippen LogP) is 2.15. The molecule has 0 fully saturated rings. The molecule has 0 aliphatic heterocycles. The summed E-state index contributed by atoms with van der Waals surface area (Å²) in [6.07, 6.45) is 5.02. The number of carbonyl (C=O) groups excluding carboxylic acids is 1. The van der Waals surface area contributed by atoms with Crippen molar-refractivity contribution >= 4 is 21.5 Å². The largest absolute Gasteiger partial charge is 0.295 e. The molecule has 136 valence electrons. The summed E-state index contributed by atoms with van der Waals surface area (Å²) >= 11 is 0. The van der Waals surface area contributed by atoms with Crippen LogP contribution in [0.2, 0.25) is 0 Å². The first-order valence-electron chi connectivity index (χ1n) is 8.27. The number of nitrogens with zero attached hydrogens (tertiary/aromatic N) is 3. The van der Waals surface area contributed by atoms with E-state index in [4.69, 9.17) is 0 Å². The lowest BCUT2D eigenvalue weighted by molar-refractivity contribution is 0.101. The first-order valence-corrected chi connectivity index (χ1v) is 9.75. The zero-order valence-electron chi connectivity index (χ0n) is 14.6. The third kappa shape index (κ3) is 4.14. The van der Waals surface area contributed by atoms with Crippen molar-refractivity contribution < 1.29 is 13.2 Å². The van der Waals surface area contributed by atoms with Gasteiger partial charge < -0.3 is 0 Å². The molecule has 0 atom stereocenters. The molecule has 7 nitrogen and oxygen atoms in total. The molecular weight excluding hydrogens is 352 g/mol. The van der Waals surface area contributed by atoms with Gasteiger partial charge >= 0.3 is 0 Å². The highest BCUT2D eigenvalue weighted by Crippen LogP contribution is 2.11. The van der Waals surface area contributed by atoms with Gasteiger partial charge in [-0.05, 0) is 44.4 Å². The van der Waals surface area contributed by atoms with Crippen LogP contribution in [-0.4, -0.2) is 35.3 Å². The van der Waals surface area contributed by atoms with Crippen molar-refractivity contribution in [3.63, 3.8) is 0 Å². The Morgan fingerprint density at radius 3 is 2.65 bits per heavy atom. The van der Waals surface area contributed by atoms with Gasteiger partial charge in [-0.1, -0.05) is 12.1 Å². The van der Waals surface area contributed by atoms with Crippen molar-refractivity contribution in [1.29, 1.82) is 0 Å².